The number of rotatable bonds is 5. The second-order valence-electron chi connectivity index (χ2n) is 7.56. The van der Waals surface area contributed by atoms with E-state index in [1.807, 2.05) is 6.20 Å². The number of hydrogen-bond donors (Lipinski definition) is 2. The zero-order valence-electron chi connectivity index (χ0n) is 16.5. The molecule has 5 rings (SSSR count). The van der Waals surface area contributed by atoms with Crippen molar-refractivity contribution in [2.45, 2.75) is 13.0 Å². The lowest BCUT2D eigenvalue weighted by atomic mass is 10.1. The second-order valence-corrected chi connectivity index (χ2v) is 7.56. The Bertz CT molecular complexity index is 998. The predicted molar refractivity (Wildman–Crippen MR) is 114 cm³/mol. The molecule has 2 saturated heterocycles. The van der Waals surface area contributed by atoms with Gasteiger partial charge in [0.2, 0.25) is 5.95 Å². The van der Waals surface area contributed by atoms with Crippen molar-refractivity contribution in [3.05, 3.63) is 48.2 Å². The summed E-state index contributed by atoms with van der Waals surface area (Å²) in [4.78, 5) is 11.6. The van der Waals surface area contributed by atoms with Crippen molar-refractivity contribution in [3.8, 4) is 5.75 Å². The SMILES string of the molecule is Cc1cc(OC2CNC2)c2nc(Nc3ccc(N4CCOCC4)cc3)ncc2c1. The molecule has 2 N–H and O–H groups in total. The molecule has 0 spiro atoms. The third-order valence-corrected chi connectivity index (χ3v) is 5.33. The van der Waals surface area contributed by atoms with E-state index in [-0.39, 0.29) is 6.10 Å². The number of benzene rings is 2. The highest BCUT2D eigenvalue weighted by Crippen LogP contribution is 2.28. The minimum Gasteiger partial charge on any atom is -0.485 e. The molecule has 0 atom stereocenters. The Balaban J connectivity index is 1.37. The lowest BCUT2D eigenvalue weighted by molar-refractivity contribution is 0.122. The van der Waals surface area contributed by atoms with Crippen LogP contribution in [0.15, 0.2) is 42.6 Å². The number of hydrogen-bond acceptors (Lipinski definition) is 7. The van der Waals surface area contributed by atoms with E-state index >= 15 is 0 Å². The Kier molecular flexibility index (Phi) is 4.91. The fourth-order valence-electron chi connectivity index (χ4n) is 3.64. The summed E-state index contributed by atoms with van der Waals surface area (Å²) >= 11 is 0. The first-order valence-corrected chi connectivity index (χ1v) is 10.1. The van der Waals surface area contributed by atoms with Crippen LogP contribution in [-0.4, -0.2) is 55.5 Å². The fourth-order valence-corrected chi connectivity index (χ4v) is 3.64. The summed E-state index contributed by atoms with van der Waals surface area (Å²) in [5.74, 6) is 1.39. The number of aromatic nitrogens is 2. The topological polar surface area (TPSA) is 71.5 Å². The first-order valence-electron chi connectivity index (χ1n) is 10.1. The zero-order valence-corrected chi connectivity index (χ0v) is 16.5. The Morgan fingerprint density at radius 1 is 1.14 bits per heavy atom. The van der Waals surface area contributed by atoms with Crippen molar-refractivity contribution in [2.24, 2.45) is 0 Å². The van der Waals surface area contributed by atoms with Gasteiger partial charge in [-0.3, -0.25) is 0 Å². The number of morpholine rings is 1. The van der Waals surface area contributed by atoms with Crippen molar-refractivity contribution in [1.82, 2.24) is 15.3 Å². The van der Waals surface area contributed by atoms with Crippen LogP contribution in [-0.2, 0) is 4.74 Å². The number of aryl methyl sites for hydroxylation is 1. The van der Waals surface area contributed by atoms with Gasteiger partial charge in [0.25, 0.3) is 0 Å². The van der Waals surface area contributed by atoms with Gasteiger partial charge in [-0.1, -0.05) is 0 Å². The highest BCUT2D eigenvalue weighted by atomic mass is 16.5. The van der Waals surface area contributed by atoms with Crippen LogP contribution >= 0.6 is 0 Å². The van der Waals surface area contributed by atoms with E-state index in [4.69, 9.17) is 14.5 Å². The van der Waals surface area contributed by atoms with Gasteiger partial charge in [0.05, 0.1) is 13.2 Å². The van der Waals surface area contributed by atoms with Crippen LogP contribution in [0.4, 0.5) is 17.3 Å². The quantitative estimate of drug-likeness (QED) is 0.693. The van der Waals surface area contributed by atoms with Gasteiger partial charge >= 0.3 is 0 Å². The first-order chi connectivity index (χ1) is 14.2. The van der Waals surface area contributed by atoms with Gasteiger partial charge in [0, 0.05) is 49.1 Å². The maximum absolute atomic E-state index is 6.14. The third kappa shape index (κ3) is 3.97. The van der Waals surface area contributed by atoms with Crippen LogP contribution in [0.5, 0.6) is 5.75 Å². The summed E-state index contributed by atoms with van der Waals surface area (Å²) in [5, 5.41) is 7.54. The molecule has 2 aliphatic rings. The molecule has 3 heterocycles. The maximum atomic E-state index is 6.14. The largest absolute Gasteiger partial charge is 0.485 e. The molecule has 0 amide bonds. The van der Waals surface area contributed by atoms with Gasteiger partial charge < -0.3 is 25.0 Å². The molecule has 29 heavy (non-hydrogen) atoms. The predicted octanol–water partition coefficient (Wildman–Crippen LogP) is 2.87. The normalized spacial score (nSPS) is 17.2. The average molecular weight is 391 g/mol. The van der Waals surface area contributed by atoms with Gasteiger partial charge in [0.15, 0.2) is 0 Å². The Labute approximate surface area is 170 Å². The molecule has 7 nitrogen and oxygen atoms in total. The number of nitrogens with one attached hydrogen (secondary N) is 2. The lowest BCUT2D eigenvalue weighted by Gasteiger charge is -2.29. The number of fused-ring (bicyclic) bond motifs is 1. The van der Waals surface area contributed by atoms with Gasteiger partial charge in [-0.2, -0.15) is 0 Å². The molecular weight excluding hydrogens is 366 g/mol. The summed E-state index contributed by atoms with van der Waals surface area (Å²) < 4.78 is 11.6. The smallest absolute Gasteiger partial charge is 0.227 e. The van der Waals surface area contributed by atoms with E-state index in [0.717, 1.165) is 67.3 Å². The monoisotopic (exact) mass is 391 g/mol. The second kappa shape index (κ2) is 7.85. The molecule has 2 aromatic carbocycles. The van der Waals surface area contributed by atoms with Crippen LogP contribution in [0.25, 0.3) is 10.9 Å². The summed E-state index contributed by atoms with van der Waals surface area (Å²) in [7, 11) is 0. The molecule has 0 saturated carbocycles. The van der Waals surface area contributed by atoms with Crippen molar-refractivity contribution >= 4 is 28.2 Å². The molecule has 1 aromatic heterocycles. The summed E-state index contributed by atoms with van der Waals surface area (Å²) in [5.41, 5.74) is 4.14. The van der Waals surface area contributed by atoms with Gasteiger partial charge in [-0.05, 0) is 48.9 Å². The van der Waals surface area contributed by atoms with Crippen LogP contribution in [0.2, 0.25) is 0 Å². The average Bonchev–Trinajstić information content (AvgIpc) is 2.72. The first kappa shape index (κ1) is 18.1. The van der Waals surface area contributed by atoms with Crippen molar-refractivity contribution < 1.29 is 9.47 Å². The minimum absolute atomic E-state index is 0.208. The van der Waals surface area contributed by atoms with Gasteiger partial charge in [-0.25, -0.2) is 9.97 Å². The van der Waals surface area contributed by atoms with Crippen LogP contribution in [0, 0.1) is 6.92 Å². The number of anilines is 3. The molecule has 2 fully saturated rings. The number of ether oxygens (including phenoxy) is 2. The van der Waals surface area contributed by atoms with Gasteiger partial charge in [-0.15, -0.1) is 0 Å². The molecule has 150 valence electrons. The van der Waals surface area contributed by atoms with E-state index in [2.05, 4.69) is 63.8 Å². The summed E-state index contributed by atoms with van der Waals surface area (Å²) in [6.45, 7) is 7.24. The Hall–Kier alpha value is -2.90. The van der Waals surface area contributed by atoms with Crippen molar-refractivity contribution in [3.63, 3.8) is 0 Å². The fraction of sp³-hybridized carbons (Fsp3) is 0.364. The van der Waals surface area contributed by atoms with Crippen LogP contribution in [0.1, 0.15) is 5.56 Å². The Morgan fingerprint density at radius 3 is 2.66 bits per heavy atom. The highest BCUT2D eigenvalue weighted by Gasteiger charge is 2.20. The lowest BCUT2D eigenvalue weighted by Crippen LogP contribution is -2.50. The van der Waals surface area contributed by atoms with Crippen molar-refractivity contribution in [2.75, 3.05) is 49.6 Å². The van der Waals surface area contributed by atoms with Crippen LogP contribution < -0.4 is 20.3 Å². The molecule has 0 unspecified atom stereocenters. The molecule has 3 aromatic rings. The van der Waals surface area contributed by atoms with E-state index in [0.29, 0.717) is 5.95 Å². The van der Waals surface area contributed by atoms with E-state index in [1.165, 1.54) is 5.69 Å². The maximum Gasteiger partial charge on any atom is 0.227 e. The van der Waals surface area contributed by atoms with Crippen molar-refractivity contribution in [1.29, 1.82) is 0 Å². The van der Waals surface area contributed by atoms with Crippen LogP contribution in [0.3, 0.4) is 0 Å². The van der Waals surface area contributed by atoms with E-state index < -0.39 is 0 Å². The van der Waals surface area contributed by atoms with Gasteiger partial charge in [0.1, 0.15) is 17.4 Å². The highest BCUT2D eigenvalue weighted by molar-refractivity contribution is 5.86. The van der Waals surface area contributed by atoms with E-state index in [1.54, 1.807) is 0 Å². The summed E-state index contributed by atoms with van der Waals surface area (Å²) in [6, 6.07) is 12.5. The molecule has 0 aliphatic carbocycles. The minimum atomic E-state index is 0.208. The third-order valence-electron chi connectivity index (χ3n) is 5.33. The molecule has 7 heteroatoms. The zero-order chi connectivity index (χ0) is 19.6. The number of nitrogens with zero attached hydrogens (tertiary/aromatic N) is 3. The molecule has 2 aliphatic heterocycles. The molecule has 0 radical (unpaired) electrons. The summed E-state index contributed by atoms with van der Waals surface area (Å²) in [6.07, 6.45) is 2.06. The Morgan fingerprint density at radius 2 is 1.93 bits per heavy atom. The standard InChI is InChI=1S/C22H25N5O2/c1-15-10-16-12-24-22(26-21(16)20(11-15)29-19-13-23-14-19)25-17-2-4-18(5-3-17)27-6-8-28-9-7-27/h2-5,10-12,19,23H,6-9,13-14H2,1H3,(H,24,25,26). The molecule has 0 bridgehead atoms. The van der Waals surface area contributed by atoms with E-state index in [9.17, 15) is 0 Å². The molecular formula is C22H25N5O2.